The van der Waals surface area contributed by atoms with Crippen molar-refractivity contribution in [3.05, 3.63) is 35.9 Å². The summed E-state index contributed by atoms with van der Waals surface area (Å²) in [5.41, 5.74) is 3.79. The summed E-state index contributed by atoms with van der Waals surface area (Å²) in [6.45, 7) is 0. The summed E-state index contributed by atoms with van der Waals surface area (Å²) in [7, 11) is -2.88. The molecule has 1 unspecified atom stereocenters. The van der Waals surface area contributed by atoms with Crippen LogP contribution >= 0.6 is 0 Å². The number of hydrogen-bond donors (Lipinski definition) is 2. The topological polar surface area (TPSA) is 72.2 Å². The number of nitrogens with two attached hydrogens (primary N) is 1. The van der Waals surface area contributed by atoms with E-state index in [-0.39, 0.29) is 11.8 Å². The van der Waals surface area contributed by atoms with Crippen LogP contribution in [0, 0.1) is 0 Å². The molecule has 0 aliphatic rings. The summed E-state index contributed by atoms with van der Waals surface area (Å²) in [5.74, 6) is 5.66. The maximum absolute atomic E-state index is 11.0. The summed E-state index contributed by atoms with van der Waals surface area (Å²) >= 11 is 0. The minimum atomic E-state index is -2.88. The number of sulfone groups is 1. The van der Waals surface area contributed by atoms with Gasteiger partial charge in [-0.1, -0.05) is 30.3 Å². The van der Waals surface area contributed by atoms with E-state index in [1.165, 1.54) is 6.26 Å². The van der Waals surface area contributed by atoms with Gasteiger partial charge >= 0.3 is 0 Å². The van der Waals surface area contributed by atoms with E-state index < -0.39 is 9.84 Å². The minimum absolute atomic E-state index is 0.0166. The maximum Gasteiger partial charge on any atom is 0.147 e. The first-order chi connectivity index (χ1) is 7.53. The largest absolute Gasteiger partial charge is 0.271 e. The van der Waals surface area contributed by atoms with E-state index in [1.54, 1.807) is 0 Å². The van der Waals surface area contributed by atoms with Crippen LogP contribution in [0.5, 0.6) is 0 Å². The standard InChI is InChI=1S/C11H18N2O2S/c1-16(14,15)9-5-8-11(13-12)10-6-3-2-4-7-10/h2-4,6-7,11,13H,5,8-9,12H2,1H3. The van der Waals surface area contributed by atoms with Crippen molar-refractivity contribution in [2.24, 2.45) is 5.84 Å². The zero-order valence-electron chi connectivity index (χ0n) is 9.39. The van der Waals surface area contributed by atoms with E-state index in [0.29, 0.717) is 12.8 Å². The summed E-state index contributed by atoms with van der Waals surface area (Å²) < 4.78 is 22.0. The highest BCUT2D eigenvalue weighted by Gasteiger charge is 2.10. The third-order valence-electron chi connectivity index (χ3n) is 2.41. The fourth-order valence-electron chi connectivity index (χ4n) is 1.58. The Morgan fingerprint density at radius 2 is 1.94 bits per heavy atom. The zero-order chi connectivity index (χ0) is 12.0. The molecule has 16 heavy (non-hydrogen) atoms. The summed E-state index contributed by atoms with van der Waals surface area (Å²) in [6, 6.07) is 9.79. The van der Waals surface area contributed by atoms with Crippen LogP contribution in [0.3, 0.4) is 0 Å². The normalized spacial score (nSPS) is 13.6. The first kappa shape index (κ1) is 13.2. The van der Waals surface area contributed by atoms with Crippen LogP contribution < -0.4 is 11.3 Å². The summed E-state index contributed by atoms with van der Waals surface area (Å²) in [5, 5.41) is 0. The quantitative estimate of drug-likeness (QED) is 0.577. The molecule has 0 aliphatic carbocycles. The molecule has 0 saturated heterocycles. The second-order valence-electron chi connectivity index (χ2n) is 3.90. The molecule has 5 heteroatoms. The van der Waals surface area contributed by atoms with Gasteiger partial charge in [0.1, 0.15) is 9.84 Å². The van der Waals surface area contributed by atoms with Crippen molar-refractivity contribution < 1.29 is 8.42 Å². The molecule has 1 aromatic carbocycles. The third kappa shape index (κ3) is 4.74. The lowest BCUT2D eigenvalue weighted by Crippen LogP contribution is -2.28. The lowest BCUT2D eigenvalue weighted by Gasteiger charge is -2.15. The average Bonchev–Trinajstić information content (AvgIpc) is 2.24. The molecule has 90 valence electrons. The van der Waals surface area contributed by atoms with Crippen molar-refractivity contribution in [2.45, 2.75) is 18.9 Å². The van der Waals surface area contributed by atoms with Gasteiger partial charge in [0, 0.05) is 18.1 Å². The van der Waals surface area contributed by atoms with Crippen LogP contribution in [0.4, 0.5) is 0 Å². The van der Waals surface area contributed by atoms with E-state index in [4.69, 9.17) is 5.84 Å². The molecular weight excluding hydrogens is 224 g/mol. The molecule has 0 aromatic heterocycles. The predicted molar refractivity (Wildman–Crippen MR) is 65.5 cm³/mol. The number of rotatable bonds is 6. The van der Waals surface area contributed by atoms with Gasteiger partial charge in [-0.05, 0) is 18.4 Å². The number of benzene rings is 1. The number of hydrazine groups is 1. The van der Waals surface area contributed by atoms with Gasteiger partial charge in [0.2, 0.25) is 0 Å². The van der Waals surface area contributed by atoms with Crippen LogP contribution in [-0.2, 0) is 9.84 Å². The molecule has 3 N–H and O–H groups in total. The van der Waals surface area contributed by atoms with E-state index in [1.807, 2.05) is 30.3 Å². The van der Waals surface area contributed by atoms with Gasteiger partial charge in [0.15, 0.2) is 0 Å². The molecule has 0 bridgehead atoms. The highest BCUT2D eigenvalue weighted by atomic mass is 32.2. The molecule has 0 heterocycles. The monoisotopic (exact) mass is 242 g/mol. The van der Waals surface area contributed by atoms with Gasteiger partial charge in [-0.3, -0.25) is 11.3 Å². The molecule has 0 amide bonds. The molecule has 1 rings (SSSR count). The van der Waals surface area contributed by atoms with Gasteiger partial charge in [-0.15, -0.1) is 0 Å². The van der Waals surface area contributed by atoms with Gasteiger partial charge in [-0.25, -0.2) is 8.42 Å². The van der Waals surface area contributed by atoms with Gasteiger partial charge < -0.3 is 0 Å². The number of nitrogens with one attached hydrogen (secondary N) is 1. The molecule has 0 aliphatic heterocycles. The molecule has 1 aromatic rings. The van der Waals surface area contributed by atoms with Crippen LogP contribution in [0.25, 0.3) is 0 Å². The molecule has 1 atom stereocenters. The Labute approximate surface area is 96.7 Å². The van der Waals surface area contributed by atoms with E-state index in [0.717, 1.165) is 5.56 Å². The molecule has 4 nitrogen and oxygen atoms in total. The maximum atomic E-state index is 11.0. The fraction of sp³-hybridized carbons (Fsp3) is 0.455. The van der Waals surface area contributed by atoms with Crippen molar-refractivity contribution >= 4 is 9.84 Å². The summed E-state index contributed by atoms with van der Waals surface area (Å²) in [4.78, 5) is 0. The van der Waals surface area contributed by atoms with E-state index in [2.05, 4.69) is 5.43 Å². The van der Waals surface area contributed by atoms with Gasteiger partial charge in [-0.2, -0.15) is 0 Å². The minimum Gasteiger partial charge on any atom is -0.271 e. The van der Waals surface area contributed by atoms with Crippen LogP contribution in [0.15, 0.2) is 30.3 Å². The molecule has 0 saturated carbocycles. The van der Waals surface area contributed by atoms with Crippen molar-refractivity contribution in [1.29, 1.82) is 0 Å². The highest BCUT2D eigenvalue weighted by Crippen LogP contribution is 2.17. The van der Waals surface area contributed by atoms with Crippen molar-refractivity contribution in [3.8, 4) is 0 Å². The van der Waals surface area contributed by atoms with Gasteiger partial charge in [0.25, 0.3) is 0 Å². The van der Waals surface area contributed by atoms with Crippen LogP contribution in [0.2, 0.25) is 0 Å². The van der Waals surface area contributed by atoms with Crippen LogP contribution in [-0.4, -0.2) is 20.4 Å². The Balaban J connectivity index is 2.51. The Hall–Kier alpha value is -0.910. The average molecular weight is 242 g/mol. The Morgan fingerprint density at radius 1 is 1.31 bits per heavy atom. The van der Waals surface area contributed by atoms with Crippen molar-refractivity contribution in [2.75, 3.05) is 12.0 Å². The van der Waals surface area contributed by atoms with Crippen molar-refractivity contribution in [1.82, 2.24) is 5.43 Å². The fourth-order valence-corrected chi connectivity index (χ4v) is 2.27. The first-order valence-corrected chi connectivity index (χ1v) is 7.28. The Morgan fingerprint density at radius 3 is 2.44 bits per heavy atom. The second-order valence-corrected chi connectivity index (χ2v) is 6.16. The Kier molecular flexibility index (Phi) is 4.92. The molecular formula is C11H18N2O2S. The summed E-state index contributed by atoms with van der Waals surface area (Å²) in [6.07, 6.45) is 2.58. The first-order valence-electron chi connectivity index (χ1n) is 5.22. The lowest BCUT2D eigenvalue weighted by atomic mass is 10.0. The van der Waals surface area contributed by atoms with Gasteiger partial charge in [0.05, 0.1) is 0 Å². The third-order valence-corrected chi connectivity index (χ3v) is 3.44. The molecule has 0 fully saturated rings. The smallest absolute Gasteiger partial charge is 0.147 e. The molecule has 0 radical (unpaired) electrons. The lowest BCUT2D eigenvalue weighted by molar-refractivity contribution is 0.507. The SMILES string of the molecule is CS(=O)(=O)CCCC(NN)c1ccccc1. The van der Waals surface area contributed by atoms with E-state index in [9.17, 15) is 8.42 Å². The molecule has 0 spiro atoms. The Bertz CT molecular complexity index is 403. The second kappa shape index (κ2) is 5.98. The number of hydrogen-bond acceptors (Lipinski definition) is 4. The van der Waals surface area contributed by atoms with Crippen LogP contribution in [0.1, 0.15) is 24.4 Å². The predicted octanol–water partition coefficient (Wildman–Crippen LogP) is 1.02. The highest BCUT2D eigenvalue weighted by molar-refractivity contribution is 7.90. The van der Waals surface area contributed by atoms with E-state index >= 15 is 0 Å². The zero-order valence-corrected chi connectivity index (χ0v) is 10.2. The van der Waals surface area contributed by atoms with Crippen molar-refractivity contribution in [3.63, 3.8) is 0 Å².